The number of nitrogens with one attached hydrogen (secondary N) is 1. The van der Waals surface area contributed by atoms with Gasteiger partial charge in [0.05, 0.1) is 0 Å². The molecule has 2 aliphatic rings. The molecule has 3 N–H and O–H groups in total. The maximum atomic E-state index is 6.21. The second-order valence-corrected chi connectivity index (χ2v) is 8.77. The van der Waals surface area contributed by atoms with Crippen molar-refractivity contribution in [2.24, 2.45) is 17.1 Å². The van der Waals surface area contributed by atoms with E-state index in [0.717, 1.165) is 12.5 Å². The number of hydrogen-bond acceptors (Lipinski definition) is 3. The average molecular weight is 296 g/mol. The normalized spacial score (nSPS) is 39.4. The molecule has 1 heterocycles. The number of nitrogens with two attached hydrogens (primary N) is 1. The van der Waals surface area contributed by atoms with Gasteiger partial charge in [0, 0.05) is 24.2 Å². The van der Waals surface area contributed by atoms with Gasteiger partial charge >= 0.3 is 0 Å². The molecule has 0 aromatic rings. The number of rotatable bonds is 3. The molecular weight excluding hydrogens is 258 g/mol. The quantitative estimate of drug-likeness (QED) is 0.834. The molecule has 1 saturated heterocycles. The zero-order valence-corrected chi connectivity index (χ0v) is 14.9. The summed E-state index contributed by atoms with van der Waals surface area (Å²) in [4.78, 5) is 0. The molecule has 21 heavy (non-hydrogen) atoms. The second-order valence-electron chi connectivity index (χ2n) is 8.77. The van der Waals surface area contributed by atoms with Crippen LogP contribution in [0.5, 0.6) is 0 Å². The molecule has 1 aliphatic carbocycles. The van der Waals surface area contributed by atoms with E-state index in [2.05, 4.69) is 45.1 Å². The minimum Gasteiger partial charge on any atom is -0.329 e. The van der Waals surface area contributed by atoms with Crippen LogP contribution in [0.4, 0.5) is 0 Å². The number of piperidine rings is 1. The Morgan fingerprint density at radius 3 is 2.00 bits per heavy atom. The Morgan fingerprint density at radius 1 is 1.05 bits per heavy atom. The van der Waals surface area contributed by atoms with Crippen molar-refractivity contribution < 1.29 is 0 Å². The van der Waals surface area contributed by atoms with Crippen LogP contribution in [0.15, 0.2) is 0 Å². The van der Waals surface area contributed by atoms with Crippen LogP contribution < -0.4 is 11.2 Å². The van der Waals surface area contributed by atoms with Crippen LogP contribution in [-0.4, -0.2) is 29.2 Å². The highest BCUT2D eigenvalue weighted by Gasteiger charge is 2.40. The van der Waals surface area contributed by atoms with E-state index in [0.29, 0.717) is 17.5 Å². The summed E-state index contributed by atoms with van der Waals surface area (Å²) in [5.41, 5.74) is 10.7. The number of hydrazine groups is 1. The summed E-state index contributed by atoms with van der Waals surface area (Å²) in [5, 5.41) is 2.52. The zero-order chi connectivity index (χ0) is 15.7. The number of hydrogen-bond donors (Lipinski definition) is 2. The molecule has 2 rings (SSSR count). The Hall–Kier alpha value is -0.120. The Bertz CT molecular complexity index is 316. The van der Waals surface area contributed by atoms with Crippen LogP contribution >= 0.6 is 0 Å². The molecule has 0 amide bonds. The lowest BCUT2D eigenvalue weighted by molar-refractivity contribution is -0.0203. The highest BCUT2D eigenvalue weighted by atomic mass is 15.6. The van der Waals surface area contributed by atoms with Gasteiger partial charge in [-0.2, -0.15) is 0 Å². The smallest absolute Gasteiger partial charge is 0.0448 e. The van der Waals surface area contributed by atoms with Gasteiger partial charge in [0.15, 0.2) is 0 Å². The maximum absolute atomic E-state index is 6.21. The fourth-order valence-corrected chi connectivity index (χ4v) is 4.31. The molecule has 0 spiro atoms. The van der Waals surface area contributed by atoms with Crippen LogP contribution in [0, 0.1) is 11.3 Å². The van der Waals surface area contributed by atoms with E-state index >= 15 is 0 Å². The summed E-state index contributed by atoms with van der Waals surface area (Å²) in [5.74, 6) is 0.843. The Morgan fingerprint density at radius 2 is 1.57 bits per heavy atom. The van der Waals surface area contributed by atoms with E-state index in [1.54, 1.807) is 0 Å². The molecule has 1 aliphatic heterocycles. The first-order chi connectivity index (χ1) is 9.77. The average Bonchev–Trinajstić information content (AvgIpc) is 2.43. The molecule has 3 heteroatoms. The van der Waals surface area contributed by atoms with Crippen molar-refractivity contribution in [1.29, 1.82) is 0 Å². The number of nitrogens with zero attached hydrogens (tertiary/aromatic N) is 1. The first-order valence-electron chi connectivity index (χ1n) is 9.04. The Labute approximate surface area is 132 Å². The van der Waals surface area contributed by atoms with Crippen molar-refractivity contribution in [2.45, 2.75) is 97.2 Å². The third-order valence-corrected chi connectivity index (χ3v) is 6.12. The molecule has 2 fully saturated rings. The minimum absolute atomic E-state index is 0.140. The van der Waals surface area contributed by atoms with Gasteiger partial charge in [0.25, 0.3) is 0 Å². The summed E-state index contributed by atoms with van der Waals surface area (Å²) in [7, 11) is 0. The van der Waals surface area contributed by atoms with Crippen molar-refractivity contribution in [1.82, 2.24) is 10.4 Å². The third-order valence-electron chi connectivity index (χ3n) is 6.12. The minimum atomic E-state index is 0.140. The van der Waals surface area contributed by atoms with Crippen LogP contribution in [0.1, 0.15) is 79.6 Å². The first kappa shape index (κ1) is 17.2. The van der Waals surface area contributed by atoms with Crippen LogP contribution in [0.2, 0.25) is 0 Å². The largest absolute Gasteiger partial charge is 0.329 e. The highest BCUT2D eigenvalue weighted by molar-refractivity contribution is 4.96. The molecule has 0 aromatic carbocycles. The Kier molecular flexibility index (Phi) is 5.38. The van der Waals surface area contributed by atoms with Crippen LogP contribution in [0.25, 0.3) is 0 Å². The lowest BCUT2D eigenvalue weighted by Crippen LogP contribution is -2.64. The van der Waals surface area contributed by atoms with Crippen molar-refractivity contribution in [3.63, 3.8) is 0 Å². The molecule has 0 radical (unpaired) electrons. The summed E-state index contributed by atoms with van der Waals surface area (Å²) >= 11 is 0. The third kappa shape index (κ3) is 4.00. The molecular formula is C18H37N3. The molecule has 2 atom stereocenters. The summed E-state index contributed by atoms with van der Waals surface area (Å²) in [6, 6.07) is 1.27. The topological polar surface area (TPSA) is 41.3 Å². The SMILES string of the molecule is CC1CCCC(C)N1NC1(CN)CCC(C(C)(C)C)CC1. The summed E-state index contributed by atoms with van der Waals surface area (Å²) < 4.78 is 0. The van der Waals surface area contributed by atoms with E-state index in [1.165, 1.54) is 44.9 Å². The fourth-order valence-electron chi connectivity index (χ4n) is 4.31. The summed E-state index contributed by atoms with van der Waals surface area (Å²) in [6.07, 6.45) is 9.05. The van der Waals surface area contributed by atoms with Gasteiger partial charge in [-0.25, -0.2) is 10.4 Å². The van der Waals surface area contributed by atoms with Crippen molar-refractivity contribution in [2.75, 3.05) is 6.54 Å². The van der Waals surface area contributed by atoms with E-state index < -0.39 is 0 Å². The van der Waals surface area contributed by atoms with E-state index in [4.69, 9.17) is 5.73 Å². The van der Waals surface area contributed by atoms with E-state index in [9.17, 15) is 0 Å². The molecule has 0 bridgehead atoms. The van der Waals surface area contributed by atoms with Gasteiger partial charge in [-0.3, -0.25) is 0 Å². The van der Waals surface area contributed by atoms with Gasteiger partial charge < -0.3 is 5.73 Å². The van der Waals surface area contributed by atoms with Crippen LogP contribution in [-0.2, 0) is 0 Å². The second kappa shape index (κ2) is 6.55. The fraction of sp³-hybridized carbons (Fsp3) is 1.00. The first-order valence-corrected chi connectivity index (χ1v) is 9.04. The summed E-state index contributed by atoms with van der Waals surface area (Å²) in [6.45, 7) is 12.6. The van der Waals surface area contributed by atoms with Crippen molar-refractivity contribution in [3.05, 3.63) is 0 Å². The molecule has 1 saturated carbocycles. The Balaban J connectivity index is 2.00. The predicted octanol–water partition coefficient (Wildman–Crippen LogP) is 3.69. The lowest BCUT2D eigenvalue weighted by atomic mass is 9.67. The molecule has 124 valence electrons. The standard InChI is InChI=1S/C18H37N3/c1-14-7-6-8-15(2)21(14)20-18(13-19)11-9-16(10-12-18)17(3,4)5/h14-16,20H,6-13,19H2,1-5H3. The van der Waals surface area contributed by atoms with Gasteiger partial charge in [-0.15, -0.1) is 0 Å². The lowest BCUT2D eigenvalue weighted by Gasteiger charge is -2.50. The van der Waals surface area contributed by atoms with Crippen LogP contribution in [0.3, 0.4) is 0 Å². The molecule has 3 nitrogen and oxygen atoms in total. The maximum Gasteiger partial charge on any atom is 0.0448 e. The van der Waals surface area contributed by atoms with Gasteiger partial charge in [0.2, 0.25) is 0 Å². The highest BCUT2D eigenvalue weighted by Crippen LogP contribution is 2.41. The van der Waals surface area contributed by atoms with E-state index in [-0.39, 0.29) is 5.54 Å². The van der Waals surface area contributed by atoms with Gasteiger partial charge in [-0.05, 0) is 63.7 Å². The zero-order valence-electron chi connectivity index (χ0n) is 14.9. The monoisotopic (exact) mass is 295 g/mol. The van der Waals surface area contributed by atoms with Gasteiger partial charge in [-0.1, -0.05) is 27.2 Å². The molecule has 0 aromatic heterocycles. The van der Waals surface area contributed by atoms with E-state index in [1.807, 2.05) is 0 Å². The molecule has 2 unspecified atom stereocenters. The van der Waals surface area contributed by atoms with Crippen molar-refractivity contribution in [3.8, 4) is 0 Å². The van der Waals surface area contributed by atoms with Gasteiger partial charge in [0.1, 0.15) is 0 Å². The van der Waals surface area contributed by atoms with Crippen molar-refractivity contribution >= 4 is 0 Å². The predicted molar refractivity (Wildman–Crippen MR) is 90.9 cm³/mol.